The van der Waals surface area contributed by atoms with Crippen molar-refractivity contribution in [1.29, 1.82) is 0 Å². The van der Waals surface area contributed by atoms with E-state index in [1.54, 1.807) is 11.1 Å². The minimum atomic E-state index is 0.0253. The monoisotopic (exact) mass is 768 g/mol. The summed E-state index contributed by atoms with van der Waals surface area (Å²) in [5, 5.41) is 0. The number of nitrogens with zero attached hydrogens (tertiary/aromatic N) is 2. The van der Waals surface area contributed by atoms with Crippen LogP contribution in [0.25, 0.3) is 11.1 Å². The zero-order valence-electron chi connectivity index (χ0n) is 36.6. The molecule has 0 saturated heterocycles. The third-order valence-electron chi connectivity index (χ3n) is 16.0. The van der Waals surface area contributed by atoms with Crippen LogP contribution in [0.15, 0.2) is 97.1 Å². The van der Waals surface area contributed by atoms with Crippen molar-refractivity contribution in [2.24, 2.45) is 23.7 Å². The van der Waals surface area contributed by atoms with Crippen molar-refractivity contribution < 1.29 is 0 Å². The first-order valence-corrected chi connectivity index (χ1v) is 22.6. The van der Waals surface area contributed by atoms with Crippen LogP contribution in [-0.2, 0) is 10.8 Å². The van der Waals surface area contributed by atoms with Gasteiger partial charge in [-0.25, -0.2) is 0 Å². The second kappa shape index (κ2) is 12.1. The average Bonchev–Trinajstić information content (AvgIpc) is 3.17. The van der Waals surface area contributed by atoms with Gasteiger partial charge in [0.2, 0.25) is 0 Å². The Balaban J connectivity index is 1.25. The summed E-state index contributed by atoms with van der Waals surface area (Å²) in [6.45, 7) is 21.1. The van der Waals surface area contributed by atoms with Crippen molar-refractivity contribution in [2.45, 2.75) is 105 Å². The van der Waals surface area contributed by atoms with Gasteiger partial charge in [-0.15, -0.1) is 0 Å². The summed E-state index contributed by atoms with van der Waals surface area (Å²) in [5.74, 6) is 3.16. The summed E-state index contributed by atoms with van der Waals surface area (Å²) in [6, 6.07) is 39.5. The molecule has 4 saturated carbocycles. The van der Waals surface area contributed by atoms with E-state index < -0.39 is 0 Å². The van der Waals surface area contributed by atoms with Crippen LogP contribution in [0.5, 0.6) is 0 Å². The highest BCUT2D eigenvalue weighted by molar-refractivity contribution is 7.00. The van der Waals surface area contributed by atoms with E-state index in [9.17, 15) is 0 Å². The second-order valence-electron chi connectivity index (χ2n) is 21.2. The van der Waals surface area contributed by atoms with Crippen LogP contribution in [-0.4, -0.2) is 6.71 Å². The lowest BCUT2D eigenvalue weighted by Gasteiger charge is -2.65. The number of hydrogen-bond acceptors (Lipinski definition) is 2. The normalized spacial score (nSPS) is 24.0. The fourth-order valence-electron chi connectivity index (χ4n) is 14.1. The van der Waals surface area contributed by atoms with Crippen molar-refractivity contribution in [1.82, 2.24) is 0 Å². The highest BCUT2D eigenvalue weighted by Crippen LogP contribution is 2.70. The zero-order valence-corrected chi connectivity index (χ0v) is 36.6. The summed E-state index contributed by atoms with van der Waals surface area (Å²) in [4.78, 5) is 5.43. The first-order chi connectivity index (χ1) is 28.3. The molecule has 0 unspecified atom stereocenters. The molecule has 6 aromatic rings. The van der Waals surface area contributed by atoms with Gasteiger partial charge in [0.1, 0.15) is 0 Å². The third kappa shape index (κ3) is 4.88. The maximum absolute atomic E-state index is 2.81. The zero-order chi connectivity index (χ0) is 40.4. The molecule has 0 N–H and O–H groups in total. The maximum Gasteiger partial charge on any atom is 0.252 e. The molecule has 7 aliphatic rings. The number of fused-ring (bicyclic) bond motifs is 6. The molecule has 2 nitrogen and oxygen atoms in total. The SMILES string of the molecule is Cc1ccc(N2c3cc(C)cc(C)c3B3c4cc(C)cc5c4N(c4cc(C(C)(C)C)ccc4C54C5CC6CC(C5)CC4C6)c4cc(-c5cc(C)cc(C)c5)cc2c43)cc1. The summed E-state index contributed by atoms with van der Waals surface area (Å²) < 4.78 is 0. The lowest BCUT2D eigenvalue weighted by Crippen LogP contribution is -2.64. The Bertz CT molecular complexity index is 2750. The molecule has 6 aromatic carbocycles. The van der Waals surface area contributed by atoms with Crippen molar-refractivity contribution in [3.05, 3.63) is 147 Å². The topological polar surface area (TPSA) is 6.48 Å². The van der Waals surface area contributed by atoms with Crippen LogP contribution in [0, 0.1) is 65.2 Å². The number of aryl methyl sites for hydroxylation is 6. The van der Waals surface area contributed by atoms with E-state index in [2.05, 4.69) is 169 Å². The van der Waals surface area contributed by atoms with Crippen LogP contribution in [0.2, 0.25) is 0 Å². The quantitative estimate of drug-likeness (QED) is 0.162. The Morgan fingerprint density at radius 1 is 0.508 bits per heavy atom. The summed E-state index contributed by atoms with van der Waals surface area (Å²) in [7, 11) is 0. The largest absolute Gasteiger partial charge is 0.311 e. The molecule has 0 atom stereocenters. The van der Waals surface area contributed by atoms with E-state index in [1.165, 1.54) is 133 Å². The Morgan fingerprint density at radius 3 is 1.76 bits per heavy atom. The average molecular weight is 769 g/mol. The molecule has 3 heterocycles. The van der Waals surface area contributed by atoms with Gasteiger partial charge >= 0.3 is 0 Å². The van der Waals surface area contributed by atoms with E-state index in [0.29, 0.717) is 11.8 Å². The Morgan fingerprint density at radius 2 is 1.10 bits per heavy atom. The number of benzene rings is 6. The van der Waals surface area contributed by atoms with Gasteiger partial charge < -0.3 is 9.80 Å². The van der Waals surface area contributed by atoms with Gasteiger partial charge in [-0.2, -0.15) is 0 Å². The summed E-state index contributed by atoms with van der Waals surface area (Å²) in [5.41, 5.74) is 27.8. The van der Waals surface area contributed by atoms with Gasteiger partial charge in [0.15, 0.2) is 0 Å². The van der Waals surface area contributed by atoms with Crippen molar-refractivity contribution >= 4 is 57.2 Å². The summed E-state index contributed by atoms with van der Waals surface area (Å²) in [6.07, 6.45) is 6.98. The number of hydrogen-bond donors (Lipinski definition) is 0. The molecule has 0 radical (unpaired) electrons. The molecular formula is C56H57BN2. The standard InChI is InChI=1S/C56H57BN2/c1-31-10-13-44(14-11-31)58-49-22-34(4)17-36(6)52(49)57-47-21-35(5)20-46-54(47)59(51-29-40(28-50(58)53(51)57)39-18-32(2)16-33(3)19-39)48-30-41(55(7,8)9)12-15-45(48)56(46)42-24-37-23-38(26-42)27-43(56)25-37/h10-22,28-30,37-38,42-43H,23-27H2,1-9H3. The number of rotatable bonds is 2. The number of anilines is 6. The molecule has 4 aliphatic carbocycles. The molecule has 294 valence electrons. The van der Waals surface area contributed by atoms with Crippen LogP contribution in [0.4, 0.5) is 34.1 Å². The van der Waals surface area contributed by atoms with Gasteiger partial charge in [-0.1, -0.05) is 109 Å². The first kappa shape index (κ1) is 35.9. The maximum atomic E-state index is 2.81. The first-order valence-electron chi connectivity index (χ1n) is 22.6. The van der Waals surface area contributed by atoms with Gasteiger partial charge in [0, 0.05) is 33.9 Å². The smallest absolute Gasteiger partial charge is 0.252 e. The van der Waals surface area contributed by atoms with Crippen molar-refractivity contribution in [2.75, 3.05) is 9.80 Å². The Labute approximate surface area is 352 Å². The lowest BCUT2D eigenvalue weighted by atomic mass is 9.31. The highest BCUT2D eigenvalue weighted by Gasteiger charge is 2.63. The van der Waals surface area contributed by atoms with Gasteiger partial charge in [0.25, 0.3) is 6.71 Å². The third-order valence-corrected chi connectivity index (χ3v) is 16.0. The van der Waals surface area contributed by atoms with Crippen LogP contribution < -0.4 is 26.2 Å². The second-order valence-corrected chi connectivity index (χ2v) is 21.2. The fourth-order valence-corrected chi connectivity index (χ4v) is 14.1. The van der Waals surface area contributed by atoms with Crippen molar-refractivity contribution in [3.63, 3.8) is 0 Å². The van der Waals surface area contributed by atoms with E-state index in [1.807, 2.05) is 0 Å². The molecule has 13 rings (SSSR count). The molecule has 3 aliphatic heterocycles. The Hall–Kier alpha value is -5.02. The molecule has 0 amide bonds. The predicted octanol–water partition coefficient (Wildman–Crippen LogP) is 12.6. The lowest BCUT2D eigenvalue weighted by molar-refractivity contribution is -0.0419. The van der Waals surface area contributed by atoms with Gasteiger partial charge in [-0.3, -0.25) is 0 Å². The molecule has 1 spiro atoms. The van der Waals surface area contributed by atoms with E-state index >= 15 is 0 Å². The fraction of sp³-hybridized carbons (Fsp3) is 0.357. The summed E-state index contributed by atoms with van der Waals surface area (Å²) >= 11 is 0. The van der Waals surface area contributed by atoms with E-state index in [0.717, 1.165) is 11.8 Å². The minimum Gasteiger partial charge on any atom is -0.311 e. The van der Waals surface area contributed by atoms with Gasteiger partial charge in [0.05, 0.1) is 5.69 Å². The van der Waals surface area contributed by atoms with Crippen molar-refractivity contribution in [3.8, 4) is 11.1 Å². The van der Waals surface area contributed by atoms with E-state index in [4.69, 9.17) is 0 Å². The molecule has 0 aromatic heterocycles. The van der Waals surface area contributed by atoms with Crippen LogP contribution in [0.1, 0.15) is 103 Å². The van der Waals surface area contributed by atoms with Crippen LogP contribution >= 0.6 is 0 Å². The molecule has 4 bridgehead atoms. The minimum absolute atomic E-state index is 0.0253. The Kier molecular flexibility index (Phi) is 7.33. The molecule has 59 heavy (non-hydrogen) atoms. The molecule has 4 fully saturated rings. The van der Waals surface area contributed by atoms with Crippen LogP contribution in [0.3, 0.4) is 0 Å². The molecule has 3 heteroatoms. The predicted molar refractivity (Wildman–Crippen MR) is 251 cm³/mol. The highest BCUT2D eigenvalue weighted by atomic mass is 15.2. The van der Waals surface area contributed by atoms with E-state index in [-0.39, 0.29) is 17.5 Å². The van der Waals surface area contributed by atoms with Gasteiger partial charge in [-0.05, 0) is 189 Å². The molecular weight excluding hydrogens is 711 g/mol.